The van der Waals surface area contributed by atoms with Crippen molar-refractivity contribution in [2.45, 2.75) is 9.10 Å². The highest BCUT2D eigenvalue weighted by atomic mass is 79.9. The van der Waals surface area contributed by atoms with Gasteiger partial charge < -0.3 is 0 Å². The van der Waals surface area contributed by atoms with Crippen LogP contribution in [0.25, 0.3) is 0 Å². The smallest absolute Gasteiger partial charge is 0.0744 e. The van der Waals surface area contributed by atoms with E-state index in [2.05, 4.69) is 34.5 Å². The average molecular weight is 255 g/mol. The third-order valence-electron chi connectivity index (χ3n) is 1.04. The first kappa shape index (κ1) is 8.97. The van der Waals surface area contributed by atoms with Crippen molar-refractivity contribution in [2.75, 3.05) is 12.5 Å². The van der Waals surface area contributed by atoms with E-state index in [9.17, 15) is 0 Å². The van der Waals surface area contributed by atoms with Crippen molar-refractivity contribution in [1.82, 2.24) is 0 Å². The largest absolute Gasteiger partial charge is 0.128 e. The maximum absolute atomic E-state index is 3.46. The molecule has 0 radical (unpaired) electrons. The Morgan fingerprint density at radius 2 is 2.10 bits per heavy atom. The molecule has 1 rings (SSSR count). The molecule has 0 aliphatic rings. The molecule has 0 atom stereocenters. The molecule has 0 unspecified atom stereocenters. The second kappa shape index (κ2) is 4.04. The number of hydrogen-bond acceptors (Lipinski definition) is 3. The molecule has 1 heterocycles. The van der Waals surface area contributed by atoms with Crippen LogP contribution < -0.4 is 0 Å². The topological polar surface area (TPSA) is 0 Å². The zero-order valence-corrected chi connectivity index (χ0v) is 9.72. The molecule has 0 aliphatic carbocycles. The third kappa shape index (κ3) is 1.94. The Morgan fingerprint density at radius 1 is 1.40 bits per heavy atom. The van der Waals surface area contributed by atoms with Crippen molar-refractivity contribution < 1.29 is 0 Å². The molecule has 0 saturated heterocycles. The number of thioether (sulfide) groups is 2. The van der Waals surface area contributed by atoms with Gasteiger partial charge in [-0.1, -0.05) is 0 Å². The Hall–Kier alpha value is 0.880. The lowest BCUT2D eigenvalue weighted by Crippen LogP contribution is -1.61. The summed E-state index contributed by atoms with van der Waals surface area (Å²) >= 11 is 8.86. The quantitative estimate of drug-likeness (QED) is 0.734. The zero-order valence-electron chi connectivity index (χ0n) is 5.68. The molecule has 4 heteroatoms. The molecule has 56 valence electrons. The zero-order chi connectivity index (χ0) is 7.56. The summed E-state index contributed by atoms with van der Waals surface area (Å²) in [6.07, 6.45) is 4.21. The average Bonchev–Trinajstić information content (AvgIpc) is 2.30. The summed E-state index contributed by atoms with van der Waals surface area (Å²) in [5.74, 6) is 0. The molecule has 0 aromatic carbocycles. The lowest BCUT2D eigenvalue weighted by atomic mass is 10.7. The summed E-state index contributed by atoms with van der Waals surface area (Å²) in [6, 6.07) is 2.17. The predicted molar refractivity (Wildman–Crippen MR) is 55.6 cm³/mol. The van der Waals surface area contributed by atoms with Crippen molar-refractivity contribution in [3.63, 3.8) is 0 Å². The lowest BCUT2D eigenvalue weighted by Gasteiger charge is -1.91. The van der Waals surface area contributed by atoms with Gasteiger partial charge in [0.15, 0.2) is 0 Å². The molecular formula is C6H7BrS3. The summed E-state index contributed by atoms with van der Waals surface area (Å²) in [5, 5.41) is 0. The van der Waals surface area contributed by atoms with Crippen molar-refractivity contribution in [2.24, 2.45) is 0 Å². The van der Waals surface area contributed by atoms with Crippen LogP contribution in [-0.4, -0.2) is 12.5 Å². The lowest BCUT2D eigenvalue weighted by molar-refractivity contribution is 1.40. The van der Waals surface area contributed by atoms with Crippen LogP contribution in [0.2, 0.25) is 0 Å². The van der Waals surface area contributed by atoms with Crippen molar-refractivity contribution in [3.8, 4) is 0 Å². The van der Waals surface area contributed by atoms with Crippen molar-refractivity contribution >= 4 is 50.8 Å². The molecule has 0 nitrogen and oxygen atoms in total. The minimum absolute atomic E-state index is 1.22. The molecule has 0 bridgehead atoms. The van der Waals surface area contributed by atoms with Gasteiger partial charge in [-0.3, -0.25) is 0 Å². The molecule has 0 N–H and O–H groups in total. The number of halogens is 1. The minimum atomic E-state index is 1.22. The first-order valence-corrected chi connectivity index (χ1v) is 6.71. The molecule has 0 spiro atoms. The molecule has 10 heavy (non-hydrogen) atoms. The maximum atomic E-state index is 3.46. The summed E-state index contributed by atoms with van der Waals surface area (Å²) in [4.78, 5) is 1.38. The normalized spacial score (nSPS) is 10.3. The second-order valence-corrected chi connectivity index (χ2v) is 5.96. The van der Waals surface area contributed by atoms with Gasteiger partial charge in [-0.2, -0.15) is 0 Å². The van der Waals surface area contributed by atoms with E-state index in [1.807, 2.05) is 11.8 Å². The van der Waals surface area contributed by atoms with E-state index in [1.165, 1.54) is 12.9 Å². The fraction of sp³-hybridized carbons (Fsp3) is 0.333. The first-order chi connectivity index (χ1) is 4.77. The van der Waals surface area contributed by atoms with E-state index >= 15 is 0 Å². The van der Waals surface area contributed by atoms with Gasteiger partial charge in [0.05, 0.1) is 8.00 Å². The molecular weight excluding hydrogens is 248 g/mol. The number of thiophene rings is 1. The van der Waals surface area contributed by atoms with Crippen LogP contribution in [0.5, 0.6) is 0 Å². The van der Waals surface area contributed by atoms with Crippen LogP contribution in [0.1, 0.15) is 0 Å². The molecule has 0 amide bonds. The van der Waals surface area contributed by atoms with E-state index in [-0.39, 0.29) is 0 Å². The van der Waals surface area contributed by atoms with E-state index in [4.69, 9.17) is 0 Å². The SMILES string of the molecule is CSc1cc(Br)sc1SC. The van der Waals surface area contributed by atoms with Crippen LogP contribution in [-0.2, 0) is 0 Å². The Labute approximate surface area is 81.9 Å². The predicted octanol–water partition coefficient (Wildman–Crippen LogP) is 3.95. The van der Waals surface area contributed by atoms with Gasteiger partial charge in [-0.25, -0.2) is 0 Å². The highest BCUT2D eigenvalue weighted by Crippen LogP contribution is 2.38. The molecule has 1 aromatic rings. The number of hydrogen-bond donors (Lipinski definition) is 0. The Balaban J connectivity index is 2.96. The standard InChI is InChI=1S/C6H7BrS3/c1-8-4-3-5(7)10-6(4)9-2/h3H,1-2H3. The van der Waals surface area contributed by atoms with Crippen LogP contribution in [0.3, 0.4) is 0 Å². The van der Waals surface area contributed by atoms with E-state index in [0.717, 1.165) is 0 Å². The van der Waals surface area contributed by atoms with Crippen molar-refractivity contribution in [1.29, 1.82) is 0 Å². The van der Waals surface area contributed by atoms with Gasteiger partial charge >= 0.3 is 0 Å². The highest BCUT2D eigenvalue weighted by molar-refractivity contribution is 9.11. The Morgan fingerprint density at radius 3 is 2.50 bits per heavy atom. The fourth-order valence-electron chi connectivity index (χ4n) is 0.615. The van der Waals surface area contributed by atoms with Crippen LogP contribution >= 0.6 is 50.8 Å². The molecule has 1 aromatic heterocycles. The Bertz CT molecular complexity index is 197. The first-order valence-electron chi connectivity index (χ1n) is 2.65. The van der Waals surface area contributed by atoms with Crippen molar-refractivity contribution in [3.05, 3.63) is 9.85 Å². The van der Waals surface area contributed by atoms with Gasteiger partial charge in [0.1, 0.15) is 0 Å². The van der Waals surface area contributed by atoms with Gasteiger partial charge in [-0.15, -0.1) is 34.9 Å². The van der Waals surface area contributed by atoms with E-state index < -0.39 is 0 Å². The summed E-state index contributed by atoms with van der Waals surface area (Å²) < 4.78 is 2.63. The van der Waals surface area contributed by atoms with Gasteiger partial charge in [0, 0.05) is 4.90 Å². The van der Waals surface area contributed by atoms with E-state index in [0.29, 0.717) is 0 Å². The molecule has 0 fully saturated rings. The fourth-order valence-corrected chi connectivity index (χ4v) is 4.53. The summed E-state index contributed by atoms with van der Waals surface area (Å²) in [5.41, 5.74) is 0. The highest BCUT2D eigenvalue weighted by Gasteiger charge is 2.03. The van der Waals surface area contributed by atoms with Gasteiger partial charge in [-0.05, 0) is 34.5 Å². The summed E-state index contributed by atoms with van der Waals surface area (Å²) in [6.45, 7) is 0. The number of rotatable bonds is 2. The molecule has 0 aliphatic heterocycles. The maximum Gasteiger partial charge on any atom is 0.0744 e. The monoisotopic (exact) mass is 254 g/mol. The second-order valence-electron chi connectivity index (χ2n) is 1.61. The van der Waals surface area contributed by atoms with Crippen LogP contribution in [0.15, 0.2) is 19.0 Å². The minimum Gasteiger partial charge on any atom is -0.128 e. The van der Waals surface area contributed by atoms with Crippen LogP contribution in [0, 0.1) is 0 Å². The summed E-state index contributed by atoms with van der Waals surface area (Å²) in [7, 11) is 0. The van der Waals surface area contributed by atoms with Gasteiger partial charge in [0.25, 0.3) is 0 Å². The molecule has 0 saturated carbocycles. The van der Waals surface area contributed by atoms with Gasteiger partial charge in [0.2, 0.25) is 0 Å². The van der Waals surface area contributed by atoms with Crippen LogP contribution in [0.4, 0.5) is 0 Å². The van der Waals surface area contributed by atoms with E-state index in [1.54, 1.807) is 23.1 Å². The Kier molecular flexibility index (Phi) is 3.63. The third-order valence-corrected chi connectivity index (χ3v) is 4.83.